The van der Waals surface area contributed by atoms with Gasteiger partial charge in [-0.1, -0.05) is 25.0 Å². The van der Waals surface area contributed by atoms with E-state index in [1.165, 1.54) is 6.07 Å². The van der Waals surface area contributed by atoms with Crippen molar-refractivity contribution in [3.05, 3.63) is 35.4 Å². The van der Waals surface area contributed by atoms with E-state index in [0.29, 0.717) is 18.4 Å². The first-order chi connectivity index (χ1) is 8.97. The average Bonchev–Trinajstić information content (AvgIpc) is 2.33. The van der Waals surface area contributed by atoms with Crippen LogP contribution in [0.1, 0.15) is 49.3 Å². The van der Waals surface area contributed by atoms with Crippen LogP contribution in [-0.2, 0) is 11.0 Å². The summed E-state index contributed by atoms with van der Waals surface area (Å²) in [4.78, 5) is 11.6. The van der Waals surface area contributed by atoms with Gasteiger partial charge in [0, 0.05) is 6.42 Å². The Morgan fingerprint density at radius 3 is 2.68 bits per heavy atom. The third-order valence-electron chi connectivity index (χ3n) is 3.35. The van der Waals surface area contributed by atoms with Gasteiger partial charge in [0.2, 0.25) is 5.91 Å². The number of benzene rings is 1. The highest BCUT2D eigenvalue weighted by atomic mass is 19.4. The minimum Gasteiger partial charge on any atom is -0.349 e. The fraction of sp³-hybridized carbons (Fsp3) is 0.500. The lowest BCUT2D eigenvalue weighted by molar-refractivity contribution is -0.137. The molecule has 0 radical (unpaired) electrons. The number of halogens is 3. The van der Waals surface area contributed by atoms with Gasteiger partial charge in [-0.25, -0.2) is 0 Å². The van der Waals surface area contributed by atoms with Crippen LogP contribution in [0.3, 0.4) is 0 Å². The van der Waals surface area contributed by atoms with Crippen molar-refractivity contribution in [2.45, 2.75) is 44.3 Å². The Hall–Kier alpha value is -1.52. The number of hydrogen-bond donors (Lipinski definition) is 1. The van der Waals surface area contributed by atoms with E-state index in [0.717, 1.165) is 31.4 Å². The Bertz CT molecular complexity index is 456. The first-order valence-electron chi connectivity index (χ1n) is 6.43. The van der Waals surface area contributed by atoms with Crippen LogP contribution in [-0.4, -0.2) is 5.91 Å². The van der Waals surface area contributed by atoms with Crippen LogP contribution in [0.5, 0.6) is 0 Å². The van der Waals surface area contributed by atoms with Crippen LogP contribution in [0.4, 0.5) is 13.2 Å². The molecule has 104 valence electrons. The van der Waals surface area contributed by atoms with Gasteiger partial charge in [0.15, 0.2) is 0 Å². The highest BCUT2D eigenvalue weighted by molar-refractivity contribution is 5.76. The van der Waals surface area contributed by atoms with Gasteiger partial charge in [0.25, 0.3) is 0 Å². The molecule has 1 atom stereocenters. The molecule has 1 fully saturated rings. The summed E-state index contributed by atoms with van der Waals surface area (Å²) < 4.78 is 38.0. The van der Waals surface area contributed by atoms with Gasteiger partial charge in [-0.15, -0.1) is 0 Å². The molecule has 2 nitrogen and oxygen atoms in total. The van der Waals surface area contributed by atoms with E-state index in [1.807, 2.05) is 0 Å². The van der Waals surface area contributed by atoms with Crippen molar-refractivity contribution in [1.29, 1.82) is 0 Å². The maximum absolute atomic E-state index is 12.7. The zero-order valence-electron chi connectivity index (χ0n) is 10.5. The Morgan fingerprint density at radius 1 is 1.16 bits per heavy atom. The lowest BCUT2D eigenvalue weighted by Gasteiger charge is -2.22. The van der Waals surface area contributed by atoms with Gasteiger partial charge in [0.05, 0.1) is 11.6 Å². The minimum atomic E-state index is -4.35. The molecule has 19 heavy (non-hydrogen) atoms. The van der Waals surface area contributed by atoms with Crippen molar-refractivity contribution in [3.8, 4) is 0 Å². The number of hydrogen-bond acceptors (Lipinski definition) is 1. The minimum absolute atomic E-state index is 0.0814. The zero-order chi connectivity index (χ0) is 13.9. The second kappa shape index (κ2) is 5.63. The predicted octanol–water partition coefficient (Wildman–Crippen LogP) is 3.83. The highest BCUT2D eigenvalue weighted by Crippen LogP contribution is 2.32. The largest absolute Gasteiger partial charge is 0.416 e. The summed E-state index contributed by atoms with van der Waals surface area (Å²) in [7, 11) is 0. The standard InChI is InChI=1S/C14H16F3NO/c15-14(16,17)11-6-4-5-10(9-11)12-7-2-1-3-8-13(19)18-12/h4-6,9,12H,1-3,7-8H2,(H,18,19). The van der Waals surface area contributed by atoms with Gasteiger partial charge in [-0.3, -0.25) is 4.79 Å². The Kier molecular flexibility index (Phi) is 4.12. The average molecular weight is 271 g/mol. The Labute approximate surface area is 110 Å². The predicted molar refractivity (Wildman–Crippen MR) is 65.4 cm³/mol. The van der Waals surface area contributed by atoms with Crippen molar-refractivity contribution in [2.75, 3.05) is 0 Å². The van der Waals surface area contributed by atoms with Crippen molar-refractivity contribution in [2.24, 2.45) is 0 Å². The summed E-state index contributed by atoms with van der Waals surface area (Å²) in [6.07, 6.45) is -0.491. The van der Waals surface area contributed by atoms with Gasteiger partial charge in [-0.05, 0) is 30.5 Å². The normalized spacial score (nSPS) is 21.4. The molecular weight excluding hydrogens is 255 g/mol. The number of rotatable bonds is 1. The topological polar surface area (TPSA) is 29.1 Å². The van der Waals surface area contributed by atoms with Crippen molar-refractivity contribution in [1.82, 2.24) is 5.32 Å². The van der Waals surface area contributed by atoms with Crippen LogP contribution in [0, 0.1) is 0 Å². The van der Waals surface area contributed by atoms with Crippen molar-refractivity contribution in [3.63, 3.8) is 0 Å². The molecular formula is C14H16F3NO. The van der Waals surface area contributed by atoms with E-state index in [4.69, 9.17) is 0 Å². The van der Waals surface area contributed by atoms with Gasteiger partial charge >= 0.3 is 6.18 Å². The molecule has 1 aromatic rings. The number of amides is 1. The Balaban J connectivity index is 2.21. The molecule has 1 heterocycles. The second-order valence-corrected chi connectivity index (χ2v) is 4.84. The van der Waals surface area contributed by atoms with E-state index >= 15 is 0 Å². The number of nitrogens with one attached hydrogen (secondary N) is 1. The lowest BCUT2D eigenvalue weighted by Crippen LogP contribution is -2.29. The van der Waals surface area contributed by atoms with E-state index in [1.54, 1.807) is 6.07 Å². The molecule has 1 saturated heterocycles. The fourth-order valence-corrected chi connectivity index (χ4v) is 2.33. The van der Waals surface area contributed by atoms with Crippen LogP contribution >= 0.6 is 0 Å². The molecule has 1 N–H and O–H groups in total. The summed E-state index contributed by atoms with van der Waals surface area (Å²) in [5.74, 6) is -0.0814. The van der Waals surface area contributed by atoms with Gasteiger partial charge < -0.3 is 5.32 Å². The number of alkyl halides is 3. The van der Waals surface area contributed by atoms with Crippen molar-refractivity contribution < 1.29 is 18.0 Å². The second-order valence-electron chi connectivity index (χ2n) is 4.84. The third-order valence-corrected chi connectivity index (χ3v) is 3.35. The highest BCUT2D eigenvalue weighted by Gasteiger charge is 2.31. The lowest BCUT2D eigenvalue weighted by atomic mass is 9.96. The molecule has 0 aromatic heterocycles. The first kappa shape index (κ1) is 13.9. The molecule has 2 rings (SSSR count). The third kappa shape index (κ3) is 3.72. The maximum Gasteiger partial charge on any atom is 0.416 e. The van der Waals surface area contributed by atoms with Crippen molar-refractivity contribution >= 4 is 5.91 Å². The molecule has 0 spiro atoms. The van der Waals surface area contributed by atoms with Crippen LogP contribution in [0.2, 0.25) is 0 Å². The number of carbonyl (C=O) groups excluding carboxylic acids is 1. The molecule has 1 aliphatic rings. The molecule has 1 amide bonds. The van der Waals surface area contributed by atoms with E-state index in [-0.39, 0.29) is 11.9 Å². The molecule has 1 aliphatic heterocycles. The molecule has 0 aliphatic carbocycles. The quantitative estimate of drug-likeness (QED) is 0.826. The summed E-state index contributed by atoms with van der Waals surface area (Å²) in [5, 5.41) is 2.81. The fourth-order valence-electron chi connectivity index (χ4n) is 2.33. The molecule has 0 bridgehead atoms. The van der Waals surface area contributed by atoms with E-state index in [2.05, 4.69) is 5.32 Å². The molecule has 5 heteroatoms. The SMILES string of the molecule is O=C1CCCCCC(c2cccc(C(F)(F)F)c2)N1. The molecule has 0 saturated carbocycles. The van der Waals surface area contributed by atoms with Crippen LogP contribution in [0.15, 0.2) is 24.3 Å². The van der Waals surface area contributed by atoms with E-state index < -0.39 is 11.7 Å². The first-order valence-corrected chi connectivity index (χ1v) is 6.43. The summed E-state index contributed by atoms with van der Waals surface area (Å²) in [5.41, 5.74) is -0.133. The summed E-state index contributed by atoms with van der Waals surface area (Å²) in [6.45, 7) is 0. The van der Waals surface area contributed by atoms with Gasteiger partial charge in [0.1, 0.15) is 0 Å². The van der Waals surface area contributed by atoms with Gasteiger partial charge in [-0.2, -0.15) is 13.2 Å². The molecule has 1 aromatic carbocycles. The zero-order valence-corrected chi connectivity index (χ0v) is 10.5. The number of carbonyl (C=O) groups is 1. The monoisotopic (exact) mass is 271 g/mol. The Morgan fingerprint density at radius 2 is 1.95 bits per heavy atom. The maximum atomic E-state index is 12.7. The van der Waals surface area contributed by atoms with Crippen LogP contribution in [0.25, 0.3) is 0 Å². The summed E-state index contributed by atoms with van der Waals surface area (Å²) in [6, 6.07) is 4.90. The molecule has 1 unspecified atom stereocenters. The summed E-state index contributed by atoms with van der Waals surface area (Å²) >= 11 is 0. The smallest absolute Gasteiger partial charge is 0.349 e. The van der Waals surface area contributed by atoms with Crippen LogP contribution < -0.4 is 5.32 Å². The van der Waals surface area contributed by atoms with E-state index in [9.17, 15) is 18.0 Å².